The predicted molar refractivity (Wildman–Crippen MR) is 74.2 cm³/mol. The molecule has 0 aliphatic carbocycles. The molecule has 0 saturated carbocycles. The van der Waals surface area contributed by atoms with Crippen molar-refractivity contribution >= 4 is 0 Å². The first kappa shape index (κ1) is 16.7. The molecule has 1 unspecified atom stereocenters. The minimum atomic E-state index is -0.0337. The van der Waals surface area contributed by atoms with E-state index in [2.05, 4.69) is 13.5 Å². The molecule has 0 aliphatic heterocycles. The lowest BCUT2D eigenvalue weighted by Gasteiger charge is -2.16. The second-order valence-corrected chi connectivity index (χ2v) is 4.42. The summed E-state index contributed by atoms with van der Waals surface area (Å²) < 4.78 is 11.1. The Bertz CT molecular complexity index is 157. The van der Waals surface area contributed by atoms with Crippen molar-refractivity contribution < 1.29 is 9.47 Å². The van der Waals surface area contributed by atoms with Crippen LogP contribution in [-0.2, 0) is 9.47 Å². The topological polar surface area (TPSA) is 18.5 Å². The summed E-state index contributed by atoms with van der Waals surface area (Å²) in [4.78, 5) is 0. The molecule has 0 aromatic carbocycles. The van der Waals surface area contributed by atoms with Gasteiger partial charge in [-0.3, -0.25) is 0 Å². The molecule has 102 valence electrons. The molecule has 2 heteroatoms. The summed E-state index contributed by atoms with van der Waals surface area (Å²) in [7, 11) is 0. The van der Waals surface area contributed by atoms with Crippen LogP contribution < -0.4 is 0 Å². The van der Waals surface area contributed by atoms with Gasteiger partial charge in [-0.25, -0.2) is 0 Å². The molecular weight excluding hydrogens is 212 g/mol. The lowest BCUT2D eigenvalue weighted by atomic mass is 10.1. The Kier molecular flexibility index (Phi) is 13.4. The van der Waals surface area contributed by atoms with Crippen LogP contribution in [0.25, 0.3) is 0 Å². The maximum Gasteiger partial charge on any atom is 0.157 e. The standard InChI is InChI=1S/C15H30O2/c1-4-7-8-9-10-11-12-13-15(16-6-3)17-14-5-2/h5,15H,2,4,6-14H2,1,3H3. The summed E-state index contributed by atoms with van der Waals surface area (Å²) in [6.07, 6.45) is 12.1. The smallest absolute Gasteiger partial charge is 0.157 e. The first-order valence-electron chi connectivity index (χ1n) is 7.19. The summed E-state index contributed by atoms with van der Waals surface area (Å²) in [5, 5.41) is 0. The van der Waals surface area contributed by atoms with Crippen LogP contribution in [0.3, 0.4) is 0 Å². The fourth-order valence-corrected chi connectivity index (χ4v) is 1.84. The third-order valence-corrected chi connectivity index (χ3v) is 2.80. The van der Waals surface area contributed by atoms with Crippen molar-refractivity contribution in [2.75, 3.05) is 13.2 Å². The van der Waals surface area contributed by atoms with Crippen LogP contribution in [0.2, 0.25) is 0 Å². The van der Waals surface area contributed by atoms with Crippen LogP contribution in [0.5, 0.6) is 0 Å². The number of hydrogen-bond acceptors (Lipinski definition) is 2. The van der Waals surface area contributed by atoms with Gasteiger partial charge in [0.05, 0.1) is 6.61 Å². The fraction of sp³-hybridized carbons (Fsp3) is 0.867. The average Bonchev–Trinajstić information content (AvgIpc) is 2.34. The molecule has 0 spiro atoms. The molecule has 17 heavy (non-hydrogen) atoms. The van der Waals surface area contributed by atoms with Crippen molar-refractivity contribution in [3.8, 4) is 0 Å². The van der Waals surface area contributed by atoms with E-state index in [-0.39, 0.29) is 6.29 Å². The Hall–Kier alpha value is -0.340. The van der Waals surface area contributed by atoms with Gasteiger partial charge in [0.1, 0.15) is 0 Å². The van der Waals surface area contributed by atoms with Gasteiger partial charge >= 0.3 is 0 Å². The molecule has 0 rings (SSSR count). The minimum Gasteiger partial charge on any atom is -0.353 e. The second-order valence-electron chi connectivity index (χ2n) is 4.42. The highest BCUT2D eigenvalue weighted by molar-refractivity contribution is 4.64. The molecule has 0 bridgehead atoms. The van der Waals surface area contributed by atoms with E-state index in [1.165, 1.54) is 44.9 Å². The van der Waals surface area contributed by atoms with Gasteiger partial charge in [-0.05, 0) is 19.8 Å². The maximum atomic E-state index is 5.54. The quantitative estimate of drug-likeness (QED) is 0.265. The van der Waals surface area contributed by atoms with Gasteiger partial charge in [-0.2, -0.15) is 0 Å². The molecule has 0 heterocycles. The van der Waals surface area contributed by atoms with E-state index in [0.717, 1.165) is 13.0 Å². The summed E-state index contributed by atoms with van der Waals surface area (Å²) in [6, 6.07) is 0. The highest BCUT2D eigenvalue weighted by atomic mass is 16.7. The average molecular weight is 242 g/mol. The van der Waals surface area contributed by atoms with Crippen LogP contribution in [-0.4, -0.2) is 19.5 Å². The van der Waals surface area contributed by atoms with Gasteiger partial charge in [0.15, 0.2) is 6.29 Å². The molecule has 2 nitrogen and oxygen atoms in total. The van der Waals surface area contributed by atoms with Crippen molar-refractivity contribution in [1.82, 2.24) is 0 Å². The molecule has 0 aromatic rings. The minimum absolute atomic E-state index is 0.0337. The predicted octanol–water partition coefficient (Wildman–Crippen LogP) is 4.69. The van der Waals surface area contributed by atoms with Crippen molar-refractivity contribution in [3.63, 3.8) is 0 Å². The van der Waals surface area contributed by atoms with Gasteiger partial charge in [0.25, 0.3) is 0 Å². The van der Waals surface area contributed by atoms with Crippen LogP contribution >= 0.6 is 0 Å². The third-order valence-electron chi connectivity index (χ3n) is 2.80. The Morgan fingerprint density at radius 1 is 0.941 bits per heavy atom. The molecule has 0 amide bonds. The Balaban J connectivity index is 3.36. The van der Waals surface area contributed by atoms with E-state index in [4.69, 9.17) is 9.47 Å². The fourth-order valence-electron chi connectivity index (χ4n) is 1.84. The molecule has 1 atom stereocenters. The van der Waals surface area contributed by atoms with E-state index >= 15 is 0 Å². The van der Waals surface area contributed by atoms with Gasteiger partial charge in [0.2, 0.25) is 0 Å². The summed E-state index contributed by atoms with van der Waals surface area (Å²) in [6.45, 7) is 9.22. The molecule has 0 aromatic heterocycles. The number of hydrogen-bond donors (Lipinski definition) is 0. The Morgan fingerprint density at radius 2 is 1.59 bits per heavy atom. The van der Waals surface area contributed by atoms with Gasteiger partial charge in [-0.1, -0.05) is 51.5 Å². The van der Waals surface area contributed by atoms with Crippen LogP contribution in [0.15, 0.2) is 12.7 Å². The van der Waals surface area contributed by atoms with Crippen molar-refractivity contribution in [2.45, 2.75) is 71.5 Å². The summed E-state index contributed by atoms with van der Waals surface area (Å²) >= 11 is 0. The van der Waals surface area contributed by atoms with Gasteiger partial charge < -0.3 is 9.47 Å². The SMILES string of the molecule is C=CCOC(CCCCCCCCC)OCC. The first-order chi connectivity index (χ1) is 8.35. The number of ether oxygens (including phenoxy) is 2. The van der Waals surface area contributed by atoms with Gasteiger partial charge in [-0.15, -0.1) is 6.58 Å². The largest absolute Gasteiger partial charge is 0.353 e. The number of rotatable bonds is 13. The highest BCUT2D eigenvalue weighted by Gasteiger charge is 2.06. The van der Waals surface area contributed by atoms with E-state index in [1.54, 1.807) is 6.08 Å². The monoisotopic (exact) mass is 242 g/mol. The summed E-state index contributed by atoms with van der Waals surface area (Å²) in [5.74, 6) is 0. The molecule has 0 N–H and O–H groups in total. The summed E-state index contributed by atoms with van der Waals surface area (Å²) in [5.41, 5.74) is 0. The first-order valence-corrected chi connectivity index (χ1v) is 7.19. The molecule has 0 saturated heterocycles. The van der Waals surface area contributed by atoms with Crippen molar-refractivity contribution in [1.29, 1.82) is 0 Å². The van der Waals surface area contributed by atoms with Gasteiger partial charge in [0, 0.05) is 6.61 Å². The lowest BCUT2D eigenvalue weighted by Crippen LogP contribution is -2.17. The highest BCUT2D eigenvalue weighted by Crippen LogP contribution is 2.12. The van der Waals surface area contributed by atoms with Crippen LogP contribution in [0.1, 0.15) is 65.2 Å². The molecule has 0 fully saturated rings. The van der Waals surface area contributed by atoms with E-state index in [1.807, 2.05) is 6.92 Å². The van der Waals surface area contributed by atoms with Crippen molar-refractivity contribution in [3.05, 3.63) is 12.7 Å². The zero-order valence-corrected chi connectivity index (χ0v) is 11.7. The van der Waals surface area contributed by atoms with E-state index in [9.17, 15) is 0 Å². The molecule has 0 aliphatic rings. The molecule has 0 radical (unpaired) electrons. The van der Waals surface area contributed by atoms with E-state index in [0.29, 0.717) is 6.61 Å². The Morgan fingerprint density at radius 3 is 2.18 bits per heavy atom. The van der Waals surface area contributed by atoms with Crippen LogP contribution in [0, 0.1) is 0 Å². The van der Waals surface area contributed by atoms with Crippen molar-refractivity contribution in [2.24, 2.45) is 0 Å². The van der Waals surface area contributed by atoms with E-state index < -0.39 is 0 Å². The Labute approximate surface area is 107 Å². The van der Waals surface area contributed by atoms with Crippen LogP contribution in [0.4, 0.5) is 0 Å². The normalized spacial score (nSPS) is 12.6. The zero-order chi connectivity index (χ0) is 12.8. The lowest BCUT2D eigenvalue weighted by molar-refractivity contribution is -0.135. The second kappa shape index (κ2) is 13.7. The third kappa shape index (κ3) is 11.9. The maximum absolute atomic E-state index is 5.54. The number of unbranched alkanes of at least 4 members (excludes halogenated alkanes) is 6. The zero-order valence-electron chi connectivity index (χ0n) is 11.7. The molecular formula is C15H30O2.